The van der Waals surface area contributed by atoms with Crippen molar-refractivity contribution in [2.24, 2.45) is 0 Å². The number of hydrogen-bond acceptors (Lipinski definition) is 0. The second-order valence-electron chi connectivity index (χ2n) is 7.59. The minimum Gasteiger partial charge on any atom is -0.493 e. The molecule has 6 rings (SSSR count). The number of hydrogen-bond donors (Lipinski definition) is 0. The van der Waals surface area contributed by atoms with Gasteiger partial charge in [-0.1, -0.05) is 72.8 Å². The first-order valence-corrected chi connectivity index (χ1v) is 9.70. The van der Waals surface area contributed by atoms with E-state index in [0.717, 1.165) is 24.2 Å². The molecule has 4 aromatic rings. The van der Waals surface area contributed by atoms with Crippen LogP contribution in [0.1, 0.15) is 22.3 Å². The average Bonchev–Trinajstić information content (AvgIpc) is 3.31. The van der Waals surface area contributed by atoms with Crippen LogP contribution < -0.4 is 4.70 Å². The zero-order valence-electron chi connectivity index (χ0n) is 15.4. The Bertz CT molecular complexity index is 1180. The highest BCUT2D eigenvalue weighted by Gasteiger charge is 2.28. The van der Waals surface area contributed by atoms with E-state index < -0.39 is 0 Å². The van der Waals surface area contributed by atoms with E-state index in [4.69, 9.17) is 0 Å². The Kier molecular flexibility index (Phi) is 3.18. The SMILES string of the molecule is [N-]=[N+](c1cccc2c1Cc1ccccc1-2)c1cccc2c1Cc1ccccc1-2. The van der Waals surface area contributed by atoms with Crippen molar-refractivity contribution in [3.05, 3.63) is 113 Å². The fourth-order valence-corrected chi connectivity index (χ4v) is 4.81. The summed E-state index contributed by atoms with van der Waals surface area (Å²) in [6, 6.07) is 29.5. The van der Waals surface area contributed by atoms with E-state index in [1.165, 1.54) is 49.2 Å². The highest BCUT2D eigenvalue weighted by atomic mass is 15.2. The van der Waals surface area contributed by atoms with Crippen LogP contribution in [0.4, 0.5) is 11.4 Å². The van der Waals surface area contributed by atoms with Gasteiger partial charge in [-0.25, -0.2) is 4.70 Å². The first-order chi connectivity index (χ1) is 13.8. The molecule has 0 fully saturated rings. The maximum absolute atomic E-state index is 11.3. The van der Waals surface area contributed by atoms with E-state index in [2.05, 4.69) is 60.7 Å². The molecule has 132 valence electrons. The molecular formula is C26H18N2. The van der Waals surface area contributed by atoms with Gasteiger partial charge < -0.3 is 5.53 Å². The quantitative estimate of drug-likeness (QED) is 0.243. The van der Waals surface area contributed by atoms with Crippen molar-refractivity contribution in [2.45, 2.75) is 12.8 Å². The number of rotatable bonds is 2. The molecular weight excluding hydrogens is 340 g/mol. The van der Waals surface area contributed by atoms with Crippen LogP contribution in [0.25, 0.3) is 27.8 Å². The van der Waals surface area contributed by atoms with Gasteiger partial charge in [0.25, 0.3) is 0 Å². The van der Waals surface area contributed by atoms with Crippen LogP contribution in [-0.2, 0) is 12.8 Å². The lowest BCUT2D eigenvalue weighted by Crippen LogP contribution is -2.03. The zero-order valence-corrected chi connectivity index (χ0v) is 15.4. The third kappa shape index (κ3) is 2.09. The smallest absolute Gasteiger partial charge is 0.204 e. The van der Waals surface area contributed by atoms with Crippen molar-refractivity contribution < 1.29 is 0 Å². The summed E-state index contributed by atoms with van der Waals surface area (Å²) in [5, 5.41) is 0. The van der Waals surface area contributed by atoms with E-state index in [1.807, 2.05) is 24.3 Å². The lowest BCUT2D eigenvalue weighted by Gasteiger charge is -2.13. The standard InChI is InChI=1S/C26H18N2/c27-28(25-13-5-11-21-19-9-3-1-7-17(19)15-23(21)25)26-14-6-12-22-20-10-4-2-8-18(20)16-24(22)26/h1-14H,15-16H2. The highest BCUT2D eigenvalue weighted by Crippen LogP contribution is 2.45. The molecule has 0 amide bonds. The summed E-state index contributed by atoms with van der Waals surface area (Å²) in [4.78, 5) is 0. The molecule has 2 aliphatic carbocycles. The van der Waals surface area contributed by atoms with Crippen molar-refractivity contribution >= 4 is 11.4 Å². The zero-order chi connectivity index (χ0) is 18.7. The van der Waals surface area contributed by atoms with Crippen LogP contribution >= 0.6 is 0 Å². The Morgan fingerprint density at radius 3 is 1.43 bits per heavy atom. The summed E-state index contributed by atoms with van der Waals surface area (Å²) in [6.45, 7) is 0. The molecule has 0 radical (unpaired) electrons. The summed E-state index contributed by atoms with van der Waals surface area (Å²) < 4.78 is 1.40. The van der Waals surface area contributed by atoms with Gasteiger partial charge in [0, 0.05) is 36.1 Å². The van der Waals surface area contributed by atoms with Gasteiger partial charge in [-0.3, -0.25) is 0 Å². The van der Waals surface area contributed by atoms with Gasteiger partial charge in [0.2, 0.25) is 11.4 Å². The summed E-state index contributed by atoms with van der Waals surface area (Å²) in [7, 11) is 0. The van der Waals surface area contributed by atoms with Gasteiger partial charge in [-0.15, -0.1) is 0 Å². The second kappa shape index (κ2) is 5.74. The van der Waals surface area contributed by atoms with Crippen molar-refractivity contribution in [1.29, 1.82) is 0 Å². The van der Waals surface area contributed by atoms with Crippen LogP contribution in [0.3, 0.4) is 0 Å². The summed E-state index contributed by atoms with van der Waals surface area (Å²) in [6.07, 6.45) is 1.71. The molecule has 0 aromatic heterocycles. The Labute approximate surface area is 164 Å². The summed E-state index contributed by atoms with van der Waals surface area (Å²) in [5.74, 6) is 0. The molecule has 0 unspecified atom stereocenters. The summed E-state index contributed by atoms with van der Waals surface area (Å²) in [5.41, 5.74) is 23.1. The van der Waals surface area contributed by atoms with E-state index in [0.29, 0.717) is 0 Å². The highest BCUT2D eigenvalue weighted by molar-refractivity contribution is 5.84. The molecule has 0 N–H and O–H groups in total. The molecule has 4 aromatic carbocycles. The van der Waals surface area contributed by atoms with Gasteiger partial charge in [0.05, 0.1) is 0 Å². The Morgan fingerprint density at radius 2 is 0.929 bits per heavy atom. The molecule has 0 aliphatic heterocycles. The number of nitrogens with zero attached hydrogens (tertiary/aromatic N) is 2. The van der Waals surface area contributed by atoms with E-state index in [9.17, 15) is 5.53 Å². The molecule has 2 heteroatoms. The Hall–Kier alpha value is -3.52. The van der Waals surface area contributed by atoms with E-state index in [-0.39, 0.29) is 0 Å². The first kappa shape index (κ1) is 15.5. The second-order valence-corrected chi connectivity index (χ2v) is 7.59. The number of benzene rings is 4. The predicted octanol–water partition coefficient (Wildman–Crippen LogP) is 6.69. The fourth-order valence-electron chi connectivity index (χ4n) is 4.81. The van der Waals surface area contributed by atoms with Crippen LogP contribution in [0, 0.1) is 0 Å². The van der Waals surface area contributed by atoms with Gasteiger partial charge in [0.1, 0.15) is 0 Å². The fraction of sp³-hybridized carbons (Fsp3) is 0.0769. The third-order valence-corrected chi connectivity index (χ3v) is 6.11. The molecule has 0 heterocycles. The molecule has 0 atom stereocenters. The van der Waals surface area contributed by atoms with E-state index in [1.54, 1.807) is 0 Å². The summed E-state index contributed by atoms with van der Waals surface area (Å²) >= 11 is 0. The van der Waals surface area contributed by atoms with E-state index >= 15 is 0 Å². The van der Waals surface area contributed by atoms with Gasteiger partial charge in [-0.2, -0.15) is 0 Å². The third-order valence-electron chi connectivity index (χ3n) is 6.11. The Morgan fingerprint density at radius 1 is 0.500 bits per heavy atom. The van der Waals surface area contributed by atoms with Gasteiger partial charge in [-0.05, 0) is 33.4 Å². The molecule has 0 bridgehead atoms. The molecule has 28 heavy (non-hydrogen) atoms. The van der Waals surface area contributed by atoms with Crippen LogP contribution in [-0.4, -0.2) is 0 Å². The molecule has 0 spiro atoms. The normalized spacial score (nSPS) is 12.9. The minimum absolute atomic E-state index is 0.855. The lowest BCUT2D eigenvalue weighted by molar-refractivity contribution is 1.01. The van der Waals surface area contributed by atoms with Crippen LogP contribution in [0.2, 0.25) is 0 Å². The van der Waals surface area contributed by atoms with Crippen LogP contribution in [0.15, 0.2) is 84.9 Å². The number of fused-ring (bicyclic) bond motifs is 6. The molecule has 0 saturated carbocycles. The predicted molar refractivity (Wildman–Crippen MR) is 114 cm³/mol. The minimum atomic E-state index is 0.855. The first-order valence-electron chi connectivity index (χ1n) is 9.70. The molecule has 2 aliphatic rings. The topological polar surface area (TPSA) is 25.3 Å². The van der Waals surface area contributed by atoms with Gasteiger partial charge >= 0.3 is 0 Å². The maximum atomic E-state index is 11.3. The monoisotopic (exact) mass is 358 g/mol. The maximum Gasteiger partial charge on any atom is 0.204 e. The van der Waals surface area contributed by atoms with Crippen molar-refractivity contribution in [3.63, 3.8) is 0 Å². The van der Waals surface area contributed by atoms with Crippen molar-refractivity contribution in [2.75, 3.05) is 0 Å². The molecule has 0 saturated heterocycles. The Balaban J connectivity index is 1.49. The molecule has 2 nitrogen and oxygen atoms in total. The van der Waals surface area contributed by atoms with Gasteiger partial charge in [0.15, 0.2) is 0 Å². The average molecular weight is 358 g/mol. The van der Waals surface area contributed by atoms with Crippen LogP contribution in [0.5, 0.6) is 0 Å². The van der Waals surface area contributed by atoms with Crippen molar-refractivity contribution in [1.82, 2.24) is 4.70 Å². The lowest BCUT2D eigenvalue weighted by atomic mass is 10.0. The largest absolute Gasteiger partial charge is 0.493 e. The van der Waals surface area contributed by atoms with Crippen molar-refractivity contribution in [3.8, 4) is 22.3 Å².